The van der Waals surface area contributed by atoms with Gasteiger partial charge in [-0.3, -0.25) is 0 Å². The van der Waals surface area contributed by atoms with Crippen LogP contribution in [0.25, 0.3) is 11.4 Å². The zero-order chi connectivity index (χ0) is 11.5. The Morgan fingerprint density at radius 3 is 2.69 bits per heavy atom. The molecule has 4 nitrogen and oxygen atoms in total. The van der Waals surface area contributed by atoms with Crippen molar-refractivity contribution in [2.75, 3.05) is 7.11 Å². The lowest BCUT2D eigenvalue weighted by atomic mass is 10.2. The Labute approximate surface area is 102 Å². The minimum absolute atomic E-state index is 0.275. The Bertz CT molecular complexity index is 519. The molecule has 2 aromatic rings. The first kappa shape index (κ1) is 11.1. The van der Waals surface area contributed by atoms with Crippen LogP contribution in [0.3, 0.4) is 0 Å². The molecule has 1 heterocycles. The van der Waals surface area contributed by atoms with E-state index in [1.165, 1.54) is 6.20 Å². The maximum absolute atomic E-state index is 6.06. The van der Waals surface area contributed by atoms with Gasteiger partial charge in [0.1, 0.15) is 5.75 Å². The van der Waals surface area contributed by atoms with Gasteiger partial charge >= 0.3 is 0 Å². The van der Waals surface area contributed by atoms with Gasteiger partial charge in [-0.25, -0.2) is 4.98 Å². The summed E-state index contributed by atoms with van der Waals surface area (Å²) in [7, 11) is 1.57. The first-order valence-corrected chi connectivity index (χ1v) is 5.15. The van der Waals surface area contributed by atoms with E-state index in [4.69, 9.17) is 27.9 Å². The molecule has 0 amide bonds. The third-order valence-corrected chi connectivity index (χ3v) is 2.44. The summed E-state index contributed by atoms with van der Waals surface area (Å²) in [6.45, 7) is 0. The Morgan fingerprint density at radius 2 is 2.06 bits per heavy atom. The van der Waals surface area contributed by atoms with E-state index in [1.54, 1.807) is 25.3 Å². The van der Waals surface area contributed by atoms with Crippen LogP contribution in [0.2, 0.25) is 10.2 Å². The predicted molar refractivity (Wildman–Crippen MR) is 61.8 cm³/mol. The van der Waals surface area contributed by atoms with Crippen LogP contribution < -0.4 is 4.74 Å². The quantitative estimate of drug-likeness (QED) is 0.828. The van der Waals surface area contributed by atoms with Gasteiger partial charge in [0.2, 0.25) is 0 Å². The van der Waals surface area contributed by atoms with E-state index < -0.39 is 0 Å². The van der Waals surface area contributed by atoms with Gasteiger partial charge < -0.3 is 4.74 Å². The lowest BCUT2D eigenvalue weighted by molar-refractivity contribution is 0.415. The number of aromatic nitrogens is 3. The lowest BCUT2D eigenvalue weighted by Gasteiger charge is -2.04. The predicted octanol–water partition coefficient (Wildman–Crippen LogP) is 2.85. The van der Waals surface area contributed by atoms with Crippen LogP contribution in [0.15, 0.2) is 24.4 Å². The SMILES string of the molecule is COc1ccc(-c2nncc(Cl)n2)c(Cl)c1. The van der Waals surface area contributed by atoms with Crippen LogP contribution in [0.1, 0.15) is 0 Å². The molecule has 1 aromatic carbocycles. The number of benzene rings is 1. The van der Waals surface area contributed by atoms with Crippen molar-refractivity contribution < 1.29 is 4.74 Å². The number of hydrogen-bond donors (Lipinski definition) is 0. The standard InChI is InChI=1S/C10H7Cl2N3O/c1-16-6-2-3-7(8(11)4-6)10-14-9(12)5-13-15-10/h2-5H,1H3. The average molecular weight is 256 g/mol. The van der Waals surface area contributed by atoms with E-state index >= 15 is 0 Å². The molecule has 0 radical (unpaired) electrons. The highest BCUT2D eigenvalue weighted by Crippen LogP contribution is 2.28. The number of rotatable bonds is 2. The molecule has 0 bridgehead atoms. The third kappa shape index (κ3) is 2.23. The molecule has 0 aliphatic rings. The minimum atomic E-state index is 0.275. The van der Waals surface area contributed by atoms with E-state index in [0.29, 0.717) is 22.2 Å². The van der Waals surface area contributed by atoms with Crippen molar-refractivity contribution >= 4 is 23.2 Å². The average Bonchev–Trinajstić information content (AvgIpc) is 2.28. The van der Waals surface area contributed by atoms with E-state index in [0.717, 1.165) is 0 Å². The fourth-order valence-electron chi connectivity index (χ4n) is 1.20. The van der Waals surface area contributed by atoms with Crippen LogP contribution >= 0.6 is 23.2 Å². The molecule has 0 saturated heterocycles. The molecule has 0 aliphatic heterocycles. The minimum Gasteiger partial charge on any atom is -0.497 e. The number of methoxy groups -OCH3 is 1. The summed E-state index contributed by atoms with van der Waals surface area (Å²) in [5.74, 6) is 1.06. The molecular weight excluding hydrogens is 249 g/mol. The Morgan fingerprint density at radius 1 is 1.25 bits per heavy atom. The second-order valence-electron chi connectivity index (χ2n) is 2.95. The smallest absolute Gasteiger partial charge is 0.184 e. The molecule has 0 atom stereocenters. The van der Waals surface area contributed by atoms with Gasteiger partial charge in [-0.05, 0) is 18.2 Å². The van der Waals surface area contributed by atoms with Gasteiger partial charge in [-0.1, -0.05) is 23.2 Å². The molecule has 0 unspecified atom stereocenters. The summed E-state index contributed by atoms with van der Waals surface area (Å²) in [5.41, 5.74) is 0.664. The van der Waals surface area contributed by atoms with Crippen molar-refractivity contribution in [2.24, 2.45) is 0 Å². The Kier molecular flexibility index (Phi) is 3.22. The van der Waals surface area contributed by atoms with Crippen LogP contribution in [0, 0.1) is 0 Å². The van der Waals surface area contributed by atoms with Crippen molar-refractivity contribution in [3.63, 3.8) is 0 Å². The second kappa shape index (κ2) is 4.63. The fourth-order valence-corrected chi connectivity index (χ4v) is 1.58. The topological polar surface area (TPSA) is 47.9 Å². The number of nitrogens with zero attached hydrogens (tertiary/aromatic N) is 3. The van der Waals surface area contributed by atoms with Gasteiger partial charge in [-0.2, -0.15) is 5.10 Å². The molecule has 0 fully saturated rings. The summed E-state index contributed by atoms with van der Waals surface area (Å²) in [6, 6.07) is 5.21. The summed E-state index contributed by atoms with van der Waals surface area (Å²) >= 11 is 11.8. The summed E-state index contributed by atoms with van der Waals surface area (Å²) in [5, 5.41) is 8.33. The van der Waals surface area contributed by atoms with Gasteiger partial charge in [0.05, 0.1) is 18.3 Å². The first-order chi connectivity index (χ1) is 7.70. The Hall–Kier alpha value is -1.39. The zero-order valence-corrected chi connectivity index (χ0v) is 9.83. The van der Waals surface area contributed by atoms with Crippen LogP contribution in [0.4, 0.5) is 0 Å². The maximum Gasteiger partial charge on any atom is 0.184 e. The largest absolute Gasteiger partial charge is 0.497 e. The van der Waals surface area contributed by atoms with Crippen molar-refractivity contribution in [1.82, 2.24) is 15.2 Å². The number of halogens is 2. The second-order valence-corrected chi connectivity index (χ2v) is 3.74. The first-order valence-electron chi connectivity index (χ1n) is 4.40. The summed E-state index contributed by atoms with van der Waals surface area (Å²) < 4.78 is 5.04. The molecule has 0 saturated carbocycles. The number of hydrogen-bond acceptors (Lipinski definition) is 4. The van der Waals surface area contributed by atoms with E-state index in [2.05, 4.69) is 15.2 Å². The van der Waals surface area contributed by atoms with E-state index in [1.807, 2.05) is 0 Å². The molecule has 0 spiro atoms. The van der Waals surface area contributed by atoms with E-state index in [9.17, 15) is 0 Å². The van der Waals surface area contributed by atoms with Gasteiger partial charge in [0.15, 0.2) is 11.0 Å². The van der Waals surface area contributed by atoms with Crippen molar-refractivity contribution in [3.8, 4) is 17.1 Å². The highest BCUT2D eigenvalue weighted by molar-refractivity contribution is 6.33. The Balaban J connectivity index is 2.48. The van der Waals surface area contributed by atoms with Gasteiger partial charge in [0, 0.05) is 5.56 Å². The van der Waals surface area contributed by atoms with Crippen molar-refractivity contribution in [1.29, 1.82) is 0 Å². The molecular formula is C10H7Cl2N3O. The summed E-state index contributed by atoms with van der Waals surface area (Å²) in [4.78, 5) is 4.03. The fraction of sp³-hybridized carbons (Fsp3) is 0.100. The van der Waals surface area contributed by atoms with Crippen LogP contribution in [0.5, 0.6) is 5.75 Å². The number of ether oxygens (including phenoxy) is 1. The highest BCUT2D eigenvalue weighted by atomic mass is 35.5. The molecule has 0 N–H and O–H groups in total. The van der Waals surface area contributed by atoms with Gasteiger partial charge in [0.25, 0.3) is 0 Å². The van der Waals surface area contributed by atoms with Gasteiger partial charge in [-0.15, -0.1) is 5.10 Å². The van der Waals surface area contributed by atoms with E-state index in [-0.39, 0.29) is 5.15 Å². The summed E-state index contributed by atoms with van der Waals surface area (Å²) in [6.07, 6.45) is 1.36. The monoisotopic (exact) mass is 255 g/mol. The lowest BCUT2D eigenvalue weighted by Crippen LogP contribution is -1.93. The highest BCUT2D eigenvalue weighted by Gasteiger charge is 2.08. The van der Waals surface area contributed by atoms with Crippen molar-refractivity contribution in [3.05, 3.63) is 34.6 Å². The van der Waals surface area contributed by atoms with Crippen molar-refractivity contribution in [2.45, 2.75) is 0 Å². The normalized spacial score (nSPS) is 10.2. The molecule has 1 aromatic heterocycles. The molecule has 2 rings (SSSR count). The molecule has 16 heavy (non-hydrogen) atoms. The maximum atomic E-state index is 6.06. The third-order valence-electron chi connectivity index (χ3n) is 1.95. The molecule has 0 aliphatic carbocycles. The molecule has 82 valence electrons. The molecule has 6 heteroatoms. The zero-order valence-electron chi connectivity index (χ0n) is 8.32. The van der Waals surface area contributed by atoms with Crippen LogP contribution in [-0.4, -0.2) is 22.3 Å². The van der Waals surface area contributed by atoms with Crippen LogP contribution in [-0.2, 0) is 0 Å².